The minimum atomic E-state index is -5.08. The van der Waals surface area contributed by atoms with Crippen molar-refractivity contribution >= 4 is 45.4 Å². The number of hydrogen-bond acceptors (Lipinski definition) is 5. The van der Waals surface area contributed by atoms with Crippen molar-refractivity contribution in [1.82, 2.24) is 14.4 Å². The Morgan fingerprint density at radius 1 is 1.19 bits per heavy atom. The first kappa shape index (κ1) is 23.6. The molecule has 0 spiro atoms. The average Bonchev–Trinajstić information content (AvgIpc) is 3.33. The summed E-state index contributed by atoms with van der Waals surface area (Å²) < 4.78 is 33.9. The summed E-state index contributed by atoms with van der Waals surface area (Å²) in [5.41, 5.74) is 5.05. The van der Waals surface area contributed by atoms with Gasteiger partial charge in [-0.3, -0.25) is 4.40 Å². The van der Waals surface area contributed by atoms with E-state index in [-0.39, 0.29) is 0 Å². The Bertz CT molecular complexity index is 1210. The van der Waals surface area contributed by atoms with Crippen molar-refractivity contribution in [2.45, 2.75) is 25.9 Å². The first-order valence-corrected chi connectivity index (χ1v) is 10.7. The topological polar surface area (TPSA) is 79.5 Å². The maximum Gasteiger partial charge on any atom is 0.490 e. The number of nitrogens with one attached hydrogen (secondary N) is 1. The molecule has 3 heterocycles. The van der Waals surface area contributed by atoms with Crippen LogP contribution >= 0.6 is 22.9 Å². The van der Waals surface area contributed by atoms with Crippen LogP contribution in [-0.2, 0) is 11.2 Å². The van der Waals surface area contributed by atoms with E-state index in [1.165, 1.54) is 0 Å². The fourth-order valence-electron chi connectivity index (χ4n) is 2.82. The van der Waals surface area contributed by atoms with Gasteiger partial charge in [-0.25, -0.2) is 14.8 Å². The number of alkyl halides is 3. The minimum Gasteiger partial charge on any atom is -0.475 e. The Kier molecular flexibility index (Phi) is 7.37. The lowest BCUT2D eigenvalue weighted by Gasteiger charge is -2.03. The molecule has 4 aromatic rings. The number of hydrogen-bond donors (Lipinski definition) is 2. The number of pyridine rings is 1. The van der Waals surface area contributed by atoms with Gasteiger partial charge < -0.3 is 10.4 Å². The fraction of sp³-hybridized carbons (Fsp3) is 0.190. The van der Waals surface area contributed by atoms with E-state index in [2.05, 4.69) is 22.0 Å². The van der Waals surface area contributed by atoms with Crippen LogP contribution in [0.5, 0.6) is 0 Å². The molecule has 168 valence electrons. The number of aliphatic carboxylic acids is 1. The van der Waals surface area contributed by atoms with Gasteiger partial charge in [0.25, 0.3) is 0 Å². The third-order valence-electron chi connectivity index (χ3n) is 4.17. The lowest BCUT2D eigenvalue weighted by Crippen LogP contribution is -2.21. The molecule has 0 unspecified atom stereocenters. The Balaban J connectivity index is 0.000000360. The van der Waals surface area contributed by atoms with Crippen molar-refractivity contribution in [2.75, 3.05) is 5.32 Å². The molecule has 11 heteroatoms. The highest BCUT2D eigenvalue weighted by Crippen LogP contribution is 2.31. The van der Waals surface area contributed by atoms with E-state index in [0.29, 0.717) is 0 Å². The Labute approximate surface area is 190 Å². The summed E-state index contributed by atoms with van der Waals surface area (Å²) in [6, 6.07) is 13.7. The number of imidazole rings is 1. The van der Waals surface area contributed by atoms with Crippen LogP contribution in [0.4, 0.5) is 24.0 Å². The van der Waals surface area contributed by atoms with Gasteiger partial charge in [-0.15, -0.1) is 11.3 Å². The van der Waals surface area contributed by atoms with Gasteiger partial charge in [0.05, 0.1) is 11.4 Å². The zero-order chi connectivity index (χ0) is 23.3. The smallest absolute Gasteiger partial charge is 0.475 e. The number of thiazole rings is 1. The number of rotatable bonds is 5. The first-order chi connectivity index (χ1) is 15.2. The summed E-state index contributed by atoms with van der Waals surface area (Å²) in [7, 11) is 0. The summed E-state index contributed by atoms with van der Waals surface area (Å²) in [5.74, 6) is -2.76. The SMILES string of the molecule is CCCc1nc2ccccn2c1-c1csc(Nc2ccc(Cl)cc2)n1.O=C(O)C(F)(F)F. The van der Waals surface area contributed by atoms with Crippen molar-refractivity contribution in [3.8, 4) is 11.4 Å². The van der Waals surface area contributed by atoms with Crippen molar-refractivity contribution < 1.29 is 23.1 Å². The predicted molar refractivity (Wildman–Crippen MR) is 119 cm³/mol. The third-order valence-corrected chi connectivity index (χ3v) is 5.18. The highest BCUT2D eigenvalue weighted by atomic mass is 35.5. The lowest BCUT2D eigenvalue weighted by atomic mass is 10.2. The molecule has 0 bridgehead atoms. The van der Waals surface area contributed by atoms with Crippen LogP contribution in [0.3, 0.4) is 0 Å². The monoisotopic (exact) mass is 482 g/mol. The summed E-state index contributed by atoms with van der Waals surface area (Å²) in [5, 5.41) is 14.1. The fourth-order valence-corrected chi connectivity index (χ4v) is 3.66. The molecule has 1 aromatic carbocycles. The zero-order valence-electron chi connectivity index (χ0n) is 16.7. The highest BCUT2D eigenvalue weighted by Gasteiger charge is 2.38. The van der Waals surface area contributed by atoms with Crippen LogP contribution in [0.1, 0.15) is 19.0 Å². The standard InChI is InChI=1S/C19H17ClN4S.C2HF3O2/c1-2-5-15-18(24-11-4-3-6-17(24)22-15)16-12-25-19(23-16)21-14-9-7-13(20)8-10-14;3-2(4,5)1(6)7/h3-4,6-12H,2,5H2,1H3,(H,21,23);(H,6,7). The molecule has 6 nitrogen and oxygen atoms in total. The molecular weight excluding hydrogens is 465 g/mol. The van der Waals surface area contributed by atoms with Gasteiger partial charge >= 0.3 is 12.1 Å². The Morgan fingerprint density at radius 3 is 2.50 bits per heavy atom. The van der Waals surface area contributed by atoms with Crippen molar-refractivity contribution in [2.24, 2.45) is 0 Å². The van der Waals surface area contributed by atoms with Gasteiger partial charge in [-0.05, 0) is 42.8 Å². The number of fused-ring (bicyclic) bond motifs is 1. The van der Waals surface area contributed by atoms with Crippen molar-refractivity contribution in [3.05, 3.63) is 64.8 Å². The summed E-state index contributed by atoms with van der Waals surface area (Å²) >= 11 is 7.52. The second kappa shape index (κ2) is 10.0. The molecule has 0 aliphatic rings. The maximum absolute atomic E-state index is 10.6. The average molecular weight is 483 g/mol. The Hall–Kier alpha value is -3.11. The predicted octanol–water partition coefficient (Wildman–Crippen LogP) is 6.44. The number of aryl methyl sites for hydroxylation is 1. The molecular formula is C21H18ClF3N4O2S. The van der Waals surface area contributed by atoms with E-state index in [4.69, 9.17) is 31.5 Å². The number of nitrogens with zero attached hydrogens (tertiary/aromatic N) is 3. The van der Waals surface area contributed by atoms with Gasteiger partial charge in [0.2, 0.25) is 0 Å². The van der Waals surface area contributed by atoms with E-state index < -0.39 is 12.1 Å². The van der Waals surface area contributed by atoms with E-state index in [1.807, 2.05) is 48.7 Å². The molecule has 0 aliphatic heterocycles. The second-order valence-electron chi connectivity index (χ2n) is 6.56. The number of aromatic nitrogens is 3. The molecule has 0 radical (unpaired) electrons. The summed E-state index contributed by atoms with van der Waals surface area (Å²) in [4.78, 5) is 18.4. The molecule has 0 atom stereocenters. The van der Waals surface area contributed by atoms with E-state index in [9.17, 15) is 13.2 Å². The van der Waals surface area contributed by atoms with E-state index >= 15 is 0 Å². The van der Waals surface area contributed by atoms with E-state index in [1.54, 1.807) is 11.3 Å². The van der Waals surface area contributed by atoms with Gasteiger partial charge in [0, 0.05) is 22.3 Å². The van der Waals surface area contributed by atoms with Crippen LogP contribution in [0, 0.1) is 0 Å². The van der Waals surface area contributed by atoms with Gasteiger partial charge in [0.1, 0.15) is 11.3 Å². The van der Waals surface area contributed by atoms with E-state index in [0.717, 1.165) is 51.4 Å². The molecule has 2 N–H and O–H groups in total. The quantitative estimate of drug-likeness (QED) is 0.342. The van der Waals surface area contributed by atoms with Crippen LogP contribution in [0.25, 0.3) is 17.0 Å². The highest BCUT2D eigenvalue weighted by molar-refractivity contribution is 7.14. The van der Waals surface area contributed by atoms with Crippen LogP contribution in [-0.4, -0.2) is 31.6 Å². The van der Waals surface area contributed by atoms with Gasteiger partial charge in [-0.2, -0.15) is 13.2 Å². The Morgan fingerprint density at radius 2 is 1.88 bits per heavy atom. The number of carboxylic acids is 1. The maximum atomic E-state index is 10.6. The number of carbonyl (C=O) groups is 1. The largest absolute Gasteiger partial charge is 0.490 e. The van der Waals surface area contributed by atoms with Crippen LogP contribution < -0.4 is 5.32 Å². The van der Waals surface area contributed by atoms with Crippen LogP contribution in [0.15, 0.2) is 54.0 Å². The zero-order valence-corrected chi connectivity index (χ0v) is 18.3. The normalized spacial score (nSPS) is 11.2. The first-order valence-electron chi connectivity index (χ1n) is 9.43. The van der Waals surface area contributed by atoms with Crippen molar-refractivity contribution in [3.63, 3.8) is 0 Å². The number of carboxylic acid groups (broad SMARTS) is 1. The molecule has 0 amide bonds. The second-order valence-corrected chi connectivity index (χ2v) is 7.85. The number of halogens is 4. The van der Waals surface area contributed by atoms with Gasteiger partial charge in [0.15, 0.2) is 5.13 Å². The molecule has 0 saturated carbocycles. The van der Waals surface area contributed by atoms with Crippen LogP contribution in [0.2, 0.25) is 5.02 Å². The molecule has 0 aliphatic carbocycles. The minimum absolute atomic E-state index is 0.723. The number of anilines is 2. The lowest BCUT2D eigenvalue weighted by molar-refractivity contribution is -0.192. The number of benzene rings is 1. The molecule has 3 aromatic heterocycles. The third kappa shape index (κ3) is 5.77. The van der Waals surface area contributed by atoms with Crippen molar-refractivity contribution in [1.29, 1.82) is 0 Å². The molecule has 0 fully saturated rings. The van der Waals surface area contributed by atoms with Gasteiger partial charge in [-0.1, -0.05) is 31.0 Å². The summed E-state index contributed by atoms with van der Waals surface area (Å²) in [6.07, 6.45) is -1.05. The molecule has 32 heavy (non-hydrogen) atoms. The molecule has 0 saturated heterocycles. The molecule has 4 rings (SSSR count). The summed E-state index contributed by atoms with van der Waals surface area (Å²) in [6.45, 7) is 2.17.